The summed E-state index contributed by atoms with van der Waals surface area (Å²) in [6.45, 7) is 0. The molecule has 3 aromatic heterocycles. The van der Waals surface area contributed by atoms with Gasteiger partial charge in [-0.3, -0.25) is 0 Å². The zero-order chi connectivity index (χ0) is 45.7. The van der Waals surface area contributed by atoms with Gasteiger partial charge in [-0.2, -0.15) is 0 Å². The Morgan fingerprint density at radius 2 is 0.754 bits per heavy atom. The second-order valence-electron chi connectivity index (χ2n) is 17.7. The molecule has 0 saturated carbocycles. The number of nitrogens with zero attached hydrogens (tertiary/aromatic N) is 3. The van der Waals surface area contributed by atoms with Gasteiger partial charge >= 0.3 is 0 Å². The van der Waals surface area contributed by atoms with Crippen molar-refractivity contribution in [3.05, 3.63) is 261 Å². The molecule has 0 atom stereocenters. The predicted molar refractivity (Wildman–Crippen MR) is 295 cm³/mol. The molecule has 0 amide bonds. The highest BCUT2D eigenvalue weighted by Crippen LogP contribution is 2.40. The number of para-hydroxylation sites is 2. The van der Waals surface area contributed by atoms with Crippen molar-refractivity contribution in [3.63, 3.8) is 0 Å². The summed E-state index contributed by atoms with van der Waals surface area (Å²) in [4.78, 5) is 10.9. The minimum absolute atomic E-state index is 0.687. The molecule has 0 N–H and O–H groups in total. The summed E-state index contributed by atoms with van der Waals surface area (Å²) in [5.74, 6) is 0.687. The molecular formula is C64H43N3SSi. The molecule has 0 aliphatic heterocycles. The second kappa shape index (κ2) is 17.0. The van der Waals surface area contributed by atoms with Crippen molar-refractivity contribution in [2.75, 3.05) is 0 Å². The molecule has 0 spiro atoms. The molecule has 5 heteroatoms. The second-order valence-corrected chi connectivity index (χ2v) is 22.6. The van der Waals surface area contributed by atoms with E-state index in [0.717, 1.165) is 44.9 Å². The molecule has 0 fully saturated rings. The molecule has 3 heterocycles. The third kappa shape index (κ3) is 6.93. The lowest BCUT2D eigenvalue weighted by molar-refractivity contribution is 1.17. The molecule has 0 aliphatic carbocycles. The van der Waals surface area contributed by atoms with Crippen LogP contribution in [0.1, 0.15) is 0 Å². The maximum atomic E-state index is 5.47. The SMILES string of the molecule is c1ccc([Si](c2ccccc2)(c2ccccc2)c2ccc(-c3cc(-c4ccc(-n5c6ccccc6c6ccccc65)cc4)nc(-c4ccccc4-c4ccc5c(c4)sc4ccccc45)n3)cc2)cc1. The first-order valence-corrected chi connectivity index (χ1v) is 26.3. The van der Waals surface area contributed by atoms with Gasteiger partial charge in [0.15, 0.2) is 13.9 Å². The first kappa shape index (κ1) is 40.8. The lowest BCUT2D eigenvalue weighted by Crippen LogP contribution is -2.74. The van der Waals surface area contributed by atoms with Gasteiger partial charge in [0.2, 0.25) is 0 Å². The predicted octanol–water partition coefficient (Wildman–Crippen LogP) is 14.0. The van der Waals surface area contributed by atoms with E-state index in [2.05, 4.69) is 265 Å². The van der Waals surface area contributed by atoms with E-state index in [1.165, 1.54) is 62.7 Å². The van der Waals surface area contributed by atoms with Gasteiger partial charge in [0, 0.05) is 53.3 Å². The normalized spacial score (nSPS) is 11.8. The fourth-order valence-corrected chi connectivity index (χ4v) is 16.5. The van der Waals surface area contributed by atoms with E-state index in [0.29, 0.717) is 5.82 Å². The number of thiophene rings is 1. The van der Waals surface area contributed by atoms with E-state index in [4.69, 9.17) is 9.97 Å². The van der Waals surface area contributed by atoms with Gasteiger partial charge in [0.1, 0.15) is 0 Å². The summed E-state index contributed by atoms with van der Waals surface area (Å²) in [5, 5.41) is 10.4. The van der Waals surface area contributed by atoms with E-state index in [1.807, 2.05) is 11.3 Å². The fraction of sp³-hybridized carbons (Fsp3) is 0. The summed E-state index contributed by atoms with van der Waals surface area (Å²) in [5.41, 5.74) is 10.5. The number of aromatic nitrogens is 3. The Hall–Kier alpha value is -8.48. The number of hydrogen-bond acceptors (Lipinski definition) is 3. The molecule has 0 unspecified atom stereocenters. The standard InChI is InChI=1S/C64H43N3SSi/c1-4-18-48(19-5-1)69(49-20-6-2-7-21-49,50-22-8-3-9-23-50)51-39-34-45(35-40-51)59-43-58(44-32-37-47(38-33-44)67-60-29-15-12-25-53(60)54-26-13-16-30-61(54)67)65-64(66-59)57-28-11-10-24-52(57)46-36-41-56-55-27-14-17-31-62(55)68-63(56)42-46/h1-43H. The van der Waals surface area contributed by atoms with Crippen LogP contribution in [0.3, 0.4) is 0 Å². The van der Waals surface area contributed by atoms with Crippen LogP contribution in [0.5, 0.6) is 0 Å². The van der Waals surface area contributed by atoms with Crippen LogP contribution in [0.4, 0.5) is 0 Å². The highest BCUT2D eigenvalue weighted by molar-refractivity contribution is 7.25. The van der Waals surface area contributed by atoms with Crippen LogP contribution in [-0.2, 0) is 0 Å². The zero-order valence-electron chi connectivity index (χ0n) is 37.6. The third-order valence-electron chi connectivity index (χ3n) is 13.8. The van der Waals surface area contributed by atoms with Crippen LogP contribution in [0.2, 0.25) is 0 Å². The van der Waals surface area contributed by atoms with Crippen molar-refractivity contribution >= 4 is 82.1 Å². The molecule has 0 saturated heterocycles. The summed E-state index contributed by atoms with van der Waals surface area (Å²) in [6.07, 6.45) is 0. The lowest BCUT2D eigenvalue weighted by atomic mass is 9.97. The topological polar surface area (TPSA) is 30.7 Å². The molecule has 0 bridgehead atoms. The van der Waals surface area contributed by atoms with Crippen LogP contribution in [0, 0.1) is 0 Å². The average molecular weight is 914 g/mol. The maximum absolute atomic E-state index is 5.47. The fourth-order valence-electron chi connectivity index (χ4n) is 10.6. The van der Waals surface area contributed by atoms with Gasteiger partial charge in [0.25, 0.3) is 0 Å². The Morgan fingerprint density at radius 1 is 0.319 bits per heavy atom. The van der Waals surface area contributed by atoms with Crippen molar-refractivity contribution in [2.45, 2.75) is 0 Å². The molecule has 10 aromatic carbocycles. The largest absolute Gasteiger partial charge is 0.309 e. The molecule has 13 aromatic rings. The van der Waals surface area contributed by atoms with E-state index >= 15 is 0 Å². The summed E-state index contributed by atoms with van der Waals surface area (Å²) in [7, 11) is -2.72. The Morgan fingerprint density at radius 3 is 1.33 bits per heavy atom. The number of fused-ring (bicyclic) bond motifs is 6. The number of benzene rings is 10. The molecule has 324 valence electrons. The Bertz CT molecular complexity index is 3840. The van der Waals surface area contributed by atoms with E-state index < -0.39 is 8.07 Å². The van der Waals surface area contributed by atoms with Crippen molar-refractivity contribution in [1.82, 2.24) is 14.5 Å². The van der Waals surface area contributed by atoms with E-state index in [-0.39, 0.29) is 0 Å². The summed E-state index contributed by atoms with van der Waals surface area (Å²) >= 11 is 1.84. The van der Waals surface area contributed by atoms with Crippen LogP contribution in [0.15, 0.2) is 261 Å². The van der Waals surface area contributed by atoms with Gasteiger partial charge in [-0.05, 0) is 74.3 Å². The first-order chi connectivity index (χ1) is 34.2. The molecule has 0 radical (unpaired) electrons. The quantitative estimate of drug-likeness (QED) is 0.107. The Labute approximate surface area is 405 Å². The lowest BCUT2D eigenvalue weighted by Gasteiger charge is -2.34. The molecule has 69 heavy (non-hydrogen) atoms. The zero-order valence-corrected chi connectivity index (χ0v) is 39.4. The smallest absolute Gasteiger partial charge is 0.179 e. The maximum Gasteiger partial charge on any atom is 0.179 e. The third-order valence-corrected chi connectivity index (χ3v) is 19.8. The van der Waals surface area contributed by atoms with Crippen LogP contribution >= 0.6 is 11.3 Å². The number of hydrogen-bond donors (Lipinski definition) is 0. The number of rotatable bonds is 9. The van der Waals surface area contributed by atoms with Gasteiger partial charge in [-0.15, -0.1) is 11.3 Å². The van der Waals surface area contributed by atoms with Crippen LogP contribution < -0.4 is 20.7 Å². The highest BCUT2D eigenvalue weighted by Gasteiger charge is 2.41. The highest BCUT2D eigenvalue weighted by atomic mass is 32.1. The molecule has 0 aliphatic rings. The van der Waals surface area contributed by atoms with Crippen molar-refractivity contribution in [1.29, 1.82) is 0 Å². The summed E-state index contributed by atoms with van der Waals surface area (Å²) in [6, 6.07) is 95.0. The van der Waals surface area contributed by atoms with E-state index in [1.54, 1.807) is 0 Å². The molecule has 13 rings (SSSR count). The van der Waals surface area contributed by atoms with Gasteiger partial charge < -0.3 is 4.57 Å². The minimum atomic E-state index is -2.72. The van der Waals surface area contributed by atoms with Crippen LogP contribution in [-0.4, -0.2) is 22.6 Å². The van der Waals surface area contributed by atoms with Crippen molar-refractivity contribution in [2.24, 2.45) is 0 Å². The van der Waals surface area contributed by atoms with Gasteiger partial charge in [-0.25, -0.2) is 9.97 Å². The van der Waals surface area contributed by atoms with Gasteiger partial charge in [0.05, 0.1) is 22.4 Å². The Kier molecular flexibility index (Phi) is 10.0. The molecular weight excluding hydrogens is 871 g/mol. The van der Waals surface area contributed by atoms with E-state index in [9.17, 15) is 0 Å². The van der Waals surface area contributed by atoms with Crippen LogP contribution in [0.25, 0.3) is 92.7 Å². The van der Waals surface area contributed by atoms with Gasteiger partial charge in [-0.1, -0.05) is 218 Å². The van der Waals surface area contributed by atoms with Crippen molar-refractivity contribution < 1.29 is 0 Å². The molecule has 3 nitrogen and oxygen atoms in total. The van der Waals surface area contributed by atoms with Crippen molar-refractivity contribution in [3.8, 4) is 50.7 Å². The minimum Gasteiger partial charge on any atom is -0.309 e. The summed E-state index contributed by atoms with van der Waals surface area (Å²) < 4.78 is 4.92. The monoisotopic (exact) mass is 913 g/mol. The first-order valence-electron chi connectivity index (χ1n) is 23.5. The average Bonchev–Trinajstić information content (AvgIpc) is 3.98. The Balaban J connectivity index is 0.974.